The van der Waals surface area contributed by atoms with E-state index in [4.69, 9.17) is 27.9 Å². The number of aromatic amines is 2. The molecule has 19 heavy (non-hydrogen) atoms. The molecule has 1 heterocycles. The first-order valence-corrected chi connectivity index (χ1v) is 6.14. The second-order valence-corrected chi connectivity index (χ2v) is 4.66. The van der Waals surface area contributed by atoms with E-state index in [0.717, 1.165) is 0 Å². The average molecular weight is 300 g/mol. The molecule has 2 N–H and O–H groups in total. The maximum absolute atomic E-state index is 11.6. The molecule has 0 amide bonds. The molecule has 0 fully saturated rings. The molecular weight excluding hydrogens is 289 g/mol. The summed E-state index contributed by atoms with van der Waals surface area (Å²) in [5.74, 6) is 0. The maximum Gasteiger partial charge on any atom is 0.273 e. The van der Waals surface area contributed by atoms with Gasteiger partial charge >= 0.3 is 0 Å². The van der Waals surface area contributed by atoms with Crippen LogP contribution in [0.4, 0.5) is 5.69 Å². The van der Waals surface area contributed by atoms with E-state index in [0.29, 0.717) is 27.0 Å². The molecule has 1 aromatic heterocycles. The van der Waals surface area contributed by atoms with Gasteiger partial charge in [-0.3, -0.25) is 20.0 Å². The van der Waals surface area contributed by atoms with Crippen LogP contribution in [0.2, 0.25) is 10.0 Å². The van der Waals surface area contributed by atoms with Crippen molar-refractivity contribution in [3.05, 3.63) is 49.9 Å². The van der Waals surface area contributed by atoms with Gasteiger partial charge in [-0.15, -0.1) is 0 Å². The molecule has 0 saturated heterocycles. The zero-order valence-electron chi connectivity index (χ0n) is 10.0. The van der Waals surface area contributed by atoms with Gasteiger partial charge in [-0.25, -0.2) is 0 Å². The Morgan fingerprint density at radius 1 is 1.26 bits per heavy atom. The number of rotatable bonds is 4. The monoisotopic (exact) mass is 299 g/mol. The Balaban J connectivity index is 2.32. The highest BCUT2D eigenvalue weighted by atomic mass is 35.5. The van der Waals surface area contributed by atoms with Crippen LogP contribution in [0.15, 0.2) is 28.0 Å². The third-order valence-electron chi connectivity index (χ3n) is 2.38. The summed E-state index contributed by atoms with van der Waals surface area (Å²) in [6, 6.07) is 4.92. The number of aromatic nitrogens is 2. The van der Waals surface area contributed by atoms with Crippen LogP contribution >= 0.6 is 23.2 Å². The highest BCUT2D eigenvalue weighted by Crippen LogP contribution is 2.24. The van der Waals surface area contributed by atoms with E-state index in [-0.39, 0.29) is 12.2 Å². The standard InChI is InChI=1S/C12H11Cl2N3O2/c1-19-6-11-10(12(18)17-16-11)5-15-9-3-7(13)2-8(14)4-9/h2-5H,6H2,1H3,(H2,16,17,18). The number of aliphatic imine (C=N–C) groups is 1. The van der Waals surface area contributed by atoms with Crippen LogP contribution in [0.3, 0.4) is 0 Å². The molecule has 2 aromatic rings. The molecule has 0 aliphatic heterocycles. The molecule has 0 bridgehead atoms. The number of halogens is 2. The van der Waals surface area contributed by atoms with E-state index in [9.17, 15) is 4.79 Å². The minimum atomic E-state index is -0.260. The lowest BCUT2D eigenvalue weighted by atomic mass is 10.2. The minimum Gasteiger partial charge on any atom is -0.378 e. The second kappa shape index (κ2) is 6.06. The molecule has 0 atom stereocenters. The van der Waals surface area contributed by atoms with Crippen molar-refractivity contribution < 1.29 is 4.74 Å². The van der Waals surface area contributed by atoms with Crippen molar-refractivity contribution in [1.29, 1.82) is 0 Å². The number of nitrogens with one attached hydrogen (secondary N) is 2. The zero-order valence-corrected chi connectivity index (χ0v) is 11.5. The van der Waals surface area contributed by atoms with Crippen molar-refractivity contribution in [3.63, 3.8) is 0 Å². The summed E-state index contributed by atoms with van der Waals surface area (Å²) in [7, 11) is 1.54. The van der Waals surface area contributed by atoms with Crippen molar-refractivity contribution in [2.75, 3.05) is 7.11 Å². The summed E-state index contributed by atoms with van der Waals surface area (Å²) >= 11 is 11.7. The molecule has 2 rings (SSSR count). The van der Waals surface area contributed by atoms with Crippen molar-refractivity contribution in [1.82, 2.24) is 10.2 Å². The Hall–Kier alpha value is -1.56. The molecule has 100 valence electrons. The largest absolute Gasteiger partial charge is 0.378 e. The molecule has 0 unspecified atom stereocenters. The zero-order chi connectivity index (χ0) is 13.8. The molecule has 0 saturated carbocycles. The van der Waals surface area contributed by atoms with E-state index in [1.165, 1.54) is 6.21 Å². The van der Waals surface area contributed by atoms with Gasteiger partial charge in [-0.1, -0.05) is 23.2 Å². The van der Waals surface area contributed by atoms with E-state index in [2.05, 4.69) is 15.2 Å². The Morgan fingerprint density at radius 2 is 1.95 bits per heavy atom. The van der Waals surface area contributed by atoms with Crippen LogP contribution in [-0.2, 0) is 11.3 Å². The fourth-order valence-electron chi connectivity index (χ4n) is 1.55. The number of ether oxygens (including phenoxy) is 1. The van der Waals surface area contributed by atoms with Crippen LogP contribution in [0.1, 0.15) is 11.3 Å². The van der Waals surface area contributed by atoms with Gasteiger partial charge in [0, 0.05) is 23.4 Å². The van der Waals surface area contributed by atoms with Crippen molar-refractivity contribution in [2.24, 2.45) is 4.99 Å². The quantitative estimate of drug-likeness (QED) is 0.852. The SMILES string of the molecule is COCc1[nH][nH]c(=O)c1C=Nc1cc(Cl)cc(Cl)c1. The summed E-state index contributed by atoms with van der Waals surface area (Å²) in [5.41, 5.74) is 1.35. The molecule has 5 nitrogen and oxygen atoms in total. The first-order chi connectivity index (χ1) is 9.10. The fourth-order valence-corrected chi connectivity index (χ4v) is 2.07. The normalized spacial score (nSPS) is 11.3. The predicted molar refractivity (Wildman–Crippen MR) is 75.8 cm³/mol. The molecule has 7 heteroatoms. The topological polar surface area (TPSA) is 70.2 Å². The summed E-state index contributed by atoms with van der Waals surface area (Å²) in [4.78, 5) is 15.8. The van der Waals surface area contributed by atoms with Crippen LogP contribution in [0, 0.1) is 0 Å². The number of benzene rings is 1. The van der Waals surface area contributed by atoms with Gasteiger partial charge < -0.3 is 4.74 Å². The molecule has 0 aliphatic rings. The smallest absolute Gasteiger partial charge is 0.273 e. The van der Waals surface area contributed by atoms with Crippen molar-refractivity contribution in [2.45, 2.75) is 6.61 Å². The van der Waals surface area contributed by atoms with Gasteiger partial charge in [0.2, 0.25) is 0 Å². The first kappa shape index (κ1) is 13.9. The highest BCUT2D eigenvalue weighted by Gasteiger charge is 2.07. The molecular formula is C12H11Cl2N3O2. The lowest BCUT2D eigenvalue weighted by Crippen LogP contribution is -2.06. The first-order valence-electron chi connectivity index (χ1n) is 5.39. The van der Waals surface area contributed by atoms with Gasteiger partial charge in [0.15, 0.2) is 0 Å². The van der Waals surface area contributed by atoms with Crippen LogP contribution < -0.4 is 5.56 Å². The number of hydrogen-bond acceptors (Lipinski definition) is 3. The Labute approximate surface area is 119 Å². The Morgan fingerprint density at radius 3 is 2.58 bits per heavy atom. The molecule has 0 spiro atoms. The van der Waals surface area contributed by atoms with Crippen LogP contribution in [0.5, 0.6) is 0 Å². The third kappa shape index (κ3) is 3.47. The van der Waals surface area contributed by atoms with E-state index < -0.39 is 0 Å². The maximum atomic E-state index is 11.6. The van der Waals surface area contributed by atoms with Crippen LogP contribution in [-0.4, -0.2) is 23.5 Å². The van der Waals surface area contributed by atoms with E-state index in [1.807, 2.05) is 0 Å². The van der Waals surface area contributed by atoms with E-state index in [1.54, 1.807) is 25.3 Å². The number of hydrogen-bond donors (Lipinski definition) is 2. The second-order valence-electron chi connectivity index (χ2n) is 3.79. The van der Waals surface area contributed by atoms with Gasteiger partial charge in [0.25, 0.3) is 5.56 Å². The lowest BCUT2D eigenvalue weighted by molar-refractivity contribution is 0.181. The van der Waals surface area contributed by atoms with Crippen molar-refractivity contribution >= 4 is 35.1 Å². The van der Waals surface area contributed by atoms with Gasteiger partial charge in [-0.05, 0) is 18.2 Å². The summed E-state index contributed by atoms with van der Waals surface area (Å²) in [6.45, 7) is 0.288. The predicted octanol–water partition coefficient (Wildman–Crippen LogP) is 2.91. The number of H-pyrrole nitrogens is 2. The lowest BCUT2D eigenvalue weighted by Gasteiger charge is -1.98. The van der Waals surface area contributed by atoms with Gasteiger partial charge in [0.05, 0.1) is 23.6 Å². The highest BCUT2D eigenvalue weighted by molar-refractivity contribution is 6.35. The van der Waals surface area contributed by atoms with E-state index >= 15 is 0 Å². The number of methoxy groups -OCH3 is 1. The average Bonchev–Trinajstić information content (AvgIpc) is 2.67. The molecule has 0 radical (unpaired) electrons. The number of nitrogens with zero attached hydrogens (tertiary/aromatic N) is 1. The minimum absolute atomic E-state index is 0.260. The fraction of sp³-hybridized carbons (Fsp3) is 0.167. The van der Waals surface area contributed by atoms with Crippen molar-refractivity contribution in [3.8, 4) is 0 Å². The Bertz CT molecular complexity index is 641. The summed E-state index contributed by atoms with van der Waals surface area (Å²) in [5, 5.41) is 6.18. The molecule has 0 aliphatic carbocycles. The van der Waals surface area contributed by atoms with Gasteiger partial charge in [-0.2, -0.15) is 0 Å². The summed E-state index contributed by atoms with van der Waals surface area (Å²) < 4.78 is 4.98. The van der Waals surface area contributed by atoms with Gasteiger partial charge in [0.1, 0.15) is 0 Å². The van der Waals surface area contributed by atoms with Crippen LogP contribution in [0.25, 0.3) is 0 Å². The summed E-state index contributed by atoms with van der Waals surface area (Å²) in [6.07, 6.45) is 1.45. The third-order valence-corrected chi connectivity index (χ3v) is 2.81. The Kier molecular flexibility index (Phi) is 4.42. The molecule has 1 aromatic carbocycles.